The Hall–Kier alpha value is -2.86. The number of amides is 3. The molecule has 0 atom stereocenters. The second-order valence-electron chi connectivity index (χ2n) is 10.3. The Labute approximate surface area is 195 Å². The van der Waals surface area contributed by atoms with Gasteiger partial charge < -0.3 is 10.0 Å². The van der Waals surface area contributed by atoms with Crippen LogP contribution < -0.4 is 0 Å². The molecule has 3 aliphatic rings. The minimum Gasteiger partial charge on any atom is -0.508 e. The number of carbonyl (C=O) groups is 2. The first-order chi connectivity index (χ1) is 15.9. The lowest BCUT2D eigenvalue weighted by Gasteiger charge is -2.42. The maximum atomic E-state index is 13.9. The summed E-state index contributed by atoms with van der Waals surface area (Å²) in [7, 11) is 0. The maximum absolute atomic E-state index is 13.9. The van der Waals surface area contributed by atoms with Crippen LogP contribution >= 0.6 is 0 Å². The van der Waals surface area contributed by atoms with Crippen molar-refractivity contribution in [1.82, 2.24) is 14.7 Å². The van der Waals surface area contributed by atoms with Crippen LogP contribution in [0.1, 0.15) is 43.4 Å². The summed E-state index contributed by atoms with van der Waals surface area (Å²) in [5, 5.41) is 9.54. The van der Waals surface area contributed by atoms with E-state index in [-0.39, 0.29) is 23.7 Å². The SMILES string of the molecule is CC(C)CN1C(=O)N(C2Cc3ccccc3C2)C(=O)C12CCN(Cc1ccc(O)cc1)CC2. The van der Waals surface area contributed by atoms with Gasteiger partial charge in [-0.15, -0.1) is 0 Å². The second-order valence-corrected chi connectivity index (χ2v) is 10.3. The summed E-state index contributed by atoms with van der Waals surface area (Å²) in [6.45, 7) is 7.16. The summed E-state index contributed by atoms with van der Waals surface area (Å²) in [5.74, 6) is 0.578. The molecule has 3 amide bonds. The molecular formula is C27H33N3O3. The monoisotopic (exact) mass is 447 g/mol. The number of piperidine rings is 1. The lowest BCUT2D eigenvalue weighted by atomic mass is 9.85. The third kappa shape index (κ3) is 3.90. The van der Waals surface area contributed by atoms with Crippen LogP contribution in [0.15, 0.2) is 48.5 Å². The molecule has 6 heteroatoms. The van der Waals surface area contributed by atoms with E-state index >= 15 is 0 Å². The molecule has 0 bridgehead atoms. The smallest absolute Gasteiger partial charge is 0.327 e. The normalized spacial score (nSPS) is 20.9. The fourth-order valence-electron chi connectivity index (χ4n) is 5.82. The van der Waals surface area contributed by atoms with Gasteiger partial charge in [-0.3, -0.25) is 14.6 Å². The molecule has 0 saturated carbocycles. The third-order valence-corrected chi connectivity index (χ3v) is 7.54. The number of aromatic hydroxyl groups is 1. The van der Waals surface area contributed by atoms with Crippen molar-refractivity contribution in [3.8, 4) is 5.75 Å². The summed E-state index contributed by atoms with van der Waals surface area (Å²) < 4.78 is 0. The molecule has 174 valence electrons. The molecule has 2 saturated heterocycles. The molecule has 0 unspecified atom stereocenters. The third-order valence-electron chi connectivity index (χ3n) is 7.54. The first-order valence-corrected chi connectivity index (χ1v) is 12.1. The highest BCUT2D eigenvalue weighted by Gasteiger charge is 2.59. The van der Waals surface area contributed by atoms with Gasteiger partial charge in [0.1, 0.15) is 11.3 Å². The van der Waals surface area contributed by atoms with E-state index in [1.54, 1.807) is 17.0 Å². The van der Waals surface area contributed by atoms with Gasteiger partial charge in [0.05, 0.1) is 0 Å². The highest BCUT2D eigenvalue weighted by Crippen LogP contribution is 2.41. The van der Waals surface area contributed by atoms with E-state index in [0.717, 1.165) is 38.0 Å². The molecule has 33 heavy (non-hydrogen) atoms. The Morgan fingerprint density at radius 3 is 2.15 bits per heavy atom. The average Bonchev–Trinajstić information content (AvgIpc) is 3.30. The molecule has 2 aliphatic heterocycles. The van der Waals surface area contributed by atoms with E-state index in [1.807, 2.05) is 29.2 Å². The number of urea groups is 1. The molecule has 2 fully saturated rings. The first kappa shape index (κ1) is 22.0. The predicted molar refractivity (Wildman–Crippen MR) is 127 cm³/mol. The first-order valence-electron chi connectivity index (χ1n) is 12.1. The molecule has 5 rings (SSSR count). The van der Waals surface area contributed by atoms with Crippen molar-refractivity contribution in [2.75, 3.05) is 19.6 Å². The molecule has 2 aromatic carbocycles. The minimum atomic E-state index is -0.721. The molecule has 2 heterocycles. The van der Waals surface area contributed by atoms with Crippen molar-refractivity contribution in [1.29, 1.82) is 0 Å². The van der Waals surface area contributed by atoms with Gasteiger partial charge in [0.25, 0.3) is 5.91 Å². The Balaban J connectivity index is 1.35. The number of phenolic OH excluding ortho intramolecular Hbond substituents is 1. The second kappa shape index (κ2) is 8.49. The average molecular weight is 448 g/mol. The lowest BCUT2D eigenvalue weighted by molar-refractivity contribution is -0.137. The van der Waals surface area contributed by atoms with E-state index in [2.05, 4.69) is 30.9 Å². The predicted octanol–water partition coefficient (Wildman–Crippen LogP) is 3.81. The molecule has 1 N–H and O–H groups in total. The highest BCUT2D eigenvalue weighted by atomic mass is 16.3. The van der Waals surface area contributed by atoms with Gasteiger partial charge in [0.2, 0.25) is 0 Å². The van der Waals surface area contributed by atoms with Crippen LogP contribution in [0.25, 0.3) is 0 Å². The number of benzene rings is 2. The minimum absolute atomic E-state index is 0.00948. The molecule has 1 aliphatic carbocycles. The van der Waals surface area contributed by atoms with Crippen molar-refractivity contribution in [2.45, 2.75) is 57.7 Å². The fraction of sp³-hybridized carbons (Fsp3) is 0.481. The molecule has 0 radical (unpaired) electrons. The van der Waals surface area contributed by atoms with Gasteiger partial charge in [-0.2, -0.15) is 0 Å². The van der Waals surface area contributed by atoms with Crippen LogP contribution in [-0.4, -0.2) is 63.0 Å². The molecular weight excluding hydrogens is 414 g/mol. The van der Waals surface area contributed by atoms with Crippen LogP contribution in [0.2, 0.25) is 0 Å². The molecule has 6 nitrogen and oxygen atoms in total. The number of imide groups is 1. The highest BCUT2D eigenvalue weighted by molar-refractivity contribution is 6.07. The number of carbonyl (C=O) groups excluding carboxylic acids is 2. The zero-order chi connectivity index (χ0) is 23.2. The van der Waals surface area contributed by atoms with Gasteiger partial charge in [-0.25, -0.2) is 4.79 Å². The van der Waals surface area contributed by atoms with Gasteiger partial charge in [-0.1, -0.05) is 50.2 Å². The number of rotatable bonds is 5. The van der Waals surface area contributed by atoms with Crippen LogP contribution in [0.4, 0.5) is 4.79 Å². The quantitative estimate of drug-likeness (QED) is 0.708. The molecule has 2 aromatic rings. The van der Waals surface area contributed by atoms with E-state index in [1.165, 1.54) is 11.1 Å². The van der Waals surface area contributed by atoms with Gasteiger partial charge in [-0.05, 0) is 60.4 Å². The number of fused-ring (bicyclic) bond motifs is 1. The van der Waals surface area contributed by atoms with E-state index in [9.17, 15) is 14.7 Å². The molecule has 0 aromatic heterocycles. The van der Waals surface area contributed by atoms with Crippen molar-refractivity contribution in [2.24, 2.45) is 5.92 Å². The maximum Gasteiger partial charge on any atom is 0.327 e. The summed E-state index contributed by atoms with van der Waals surface area (Å²) >= 11 is 0. The van der Waals surface area contributed by atoms with Gasteiger partial charge >= 0.3 is 6.03 Å². The standard InChI is InChI=1S/C27H33N3O3/c1-19(2)17-29-26(33)30(23-15-21-5-3-4-6-22(21)16-23)25(32)27(29)11-13-28(14-12-27)18-20-7-9-24(31)10-8-20/h3-10,19,23,31H,11-18H2,1-2H3. The Morgan fingerprint density at radius 2 is 1.58 bits per heavy atom. The zero-order valence-electron chi connectivity index (χ0n) is 19.5. The van der Waals surface area contributed by atoms with Crippen molar-refractivity contribution in [3.63, 3.8) is 0 Å². The van der Waals surface area contributed by atoms with E-state index in [4.69, 9.17) is 0 Å². The number of likely N-dealkylation sites (tertiary alicyclic amines) is 1. The number of phenols is 1. The van der Waals surface area contributed by atoms with Crippen LogP contribution in [0.5, 0.6) is 5.75 Å². The Kier molecular flexibility index (Phi) is 5.65. The van der Waals surface area contributed by atoms with Crippen LogP contribution in [0, 0.1) is 5.92 Å². The topological polar surface area (TPSA) is 64.1 Å². The zero-order valence-corrected chi connectivity index (χ0v) is 19.5. The van der Waals surface area contributed by atoms with E-state index < -0.39 is 5.54 Å². The Morgan fingerprint density at radius 1 is 0.970 bits per heavy atom. The summed E-state index contributed by atoms with van der Waals surface area (Å²) in [5.41, 5.74) is 2.93. The fourth-order valence-corrected chi connectivity index (χ4v) is 5.82. The number of hydrogen-bond donors (Lipinski definition) is 1. The van der Waals surface area contributed by atoms with Crippen molar-refractivity contribution < 1.29 is 14.7 Å². The van der Waals surface area contributed by atoms with Crippen molar-refractivity contribution in [3.05, 3.63) is 65.2 Å². The largest absolute Gasteiger partial charge is 0.508 e. The Bertz CT molecular complexity index is 1020. The van der Waals surface area contributed by atoms with Crippen LogP contribution in [-0.2, 0) is 24.2 Å². The number of nitrogens with zero attached hydrogens (tertiary/aromatic N) is 3. The van der Waals surface area contributed by atoms with Crippen LogP contribution in [0.3, 0.4) is 0 Å². The summed E-state index contributed by atoms with van der Waals surface area (Å²) in [6, 6.07) is 15.4. The number of hydrogen-bond acceptors (Lipinski definition) is 4. The van der Waals surface area contributed by atoms with Crippen molar-refractivity contribution >= 4 is 11.9 Å². The van der Waals surface area contributed by atoms with E-state index in [0.29, 0.717) is 25.3 Å². The van der Waals surface area contributed by atoms with Gasteiger partial charge in [0.15, 0.2) is 0 Å². The summed E-state index contributed by atoms with van der Waals surface area (Å²) in [4.78, 5) is 33.5. The van der Waals surface area contributed by atoms with Gasteiger partial charge in [0, 0.05) is 32.2 Å². The molecule has 1 spiro atoms. The lowest BCUT2D eigenvalue weighted by Crippen LogP contribution is -2.57. The summed E-state index contributed by atoms with van der Waals surface area (Å²) in [6.07, 6.45) is 2.84.